The molecule has 1 aromatic carbocycles. The van der Waals surface area contributed by atoms with E-state index in [9.17, 15) is 4.79 Å². The predicted octanol–water partition coefficient (Wildman–Crippen LogP) is 3.07. The van der Waals surface area contributed by atoms with Crippen LogP contribution in [-0.4, -0.2) is 26.2 Å². The second-order valence-electron chi connectivity index (χ2n) is 4.11. The van der Waals surface area contributed by atoms with Gasteiger partial charge in [-0.3, -0.25) is 4.79 Å². The summed E-state index contributed by atoms with van der Waals surface area (Å²) in [4.78, 5) is 11.6. The predicted molar refractivity (Wildman–Crippen MR) is 88.7 cm³/mol. The smallest absolute Gasteiger partial charge is 0.261 e. The van der Waals surface area contributed by atoms with Crippen molar-refractivity contribution in [2.45, 2.75) is 6.92 Å². The van der Waals surface area contributed by atoms with Gasteiger partial charge in [0.1, 0.15) is 18.2 Å². The van der Waals surface area contributed by atoms with Gasteiger partial charge in [-0.1, -0.05) is 12.7 Å². The van der Waals surface area contributed by atoms with Crippen LogP contribution in [-0.2, 0) is 4.79 Å². The lowest BCUT2D eigenvalue weighted by Gasteiger charge is -2.13. The maximum absolute atomic E-state index is 11.6. The number of hydrogen-bond donors (Lipinski definition) is 1. The van der Waals surface area contributed by atoms with Crippen LogP contribution in [0.2, 0.25) is 0 Å². The van der Waals surface area contributed by atoms with Gasteiger partial charge in [-0.2, -0.15) is 5.26 Å². The molecule has 1 aromatic rings. The van der Waals surface area contributed by atoms with Crippen molar-refractivity contribution in [1.82, 2.24) is 5.32 Å². The molecule has 1 rings (SSSR count). The molecule has 0 heterocycles. The number of nitrogens with one attached hydrogen (secondary N) is 1. The number of nitrogens with zero attached hydrogens (tertiary/aromatic N) is 1. The summed E-state index contributed by atoms with van der Waals surface area (Å²) in [7, 11) is 1.47. The highest BCUT2D eigenvalue weighted by atomic mass is 79.9. The summed E-state index contributed by atoms with van der Waals surface area (Å²) in [5.74, 6) is 0.639. The molecule has 0 bridgehead atoms. The van der Waals surface area contributed by atoms with Crippen LogP contribution in [0.3, 0.4) is 0 Å². The van der Waals surface area contributed by atoms with Gasteiger partial charge in [-0.05, 0) is 46.6 Å². The van der Waals surface area contributed by atoms with Gasteiger partial charge in [0, 0.05) is 7.05 Å². The molecule has 0 spiro atoms. The van der Waals surface area contributed by atoms with Crippen molar-refractivity contribution in [3.05, 3.63) is 40.4 Å². The zero-order valence-corrected chi connectivity index (χ0v) is 14.1. The van der Waals surface area contributed by atoms with Crippen molar-refractivity contribution in [3.63, 3.8) is 0 Å². The number of amides is 1. The second kappa shape index (κ2) is 8.90. The summed E-state index contributed by atoms with van der Waals surface area (Å²) in [6.45, 7) is 6.27. The van der Waals surface area contributed by atoms with E-state index in [4.69, 9.17) is 14.7 Å². The summed E-state index contributed by atoms with van der Waals surface area (Å²) in [5, 5.41) is 11.5. The first-order chi connectivity index (χ1) is 10.6. The van der Waals surface area contributed by atoms with E-state index in [-0.39, 0.29) is 5.57 Å². The molecule has 0 aliphatic carbocycles. The number of ether oxygens (including phenoxy) is 2. The number of halogens is 1. The number of likely N-dealkylation sites (N-methyl/N-ethyl adjacent to an activating group) is 1. The van der Waals surface area contributed by atoms with E-state index >= 15 is 0 Å². The Morgan fingerprint density at radius 1 is 1.50 bits per heavy atom. The molecular formula is C16H17BrN2O3. The molecule has 1 N–H and O–H groups in total. The summed E-state index contributed by atoms with van der Waals surface area (Å²) < 4.78 is 11.8. The lowest BCUT2D eigenvalue weighted by molar-refractivity contribution is -0.116. The van der Waals surface area contributed by atoms with E-state index in [2.05, 4.69) is 27.8 Å². The Morgan fingerprint density at radius 3 is 2.77 bits per heavy atom. The molecular weight excluding hydrogens is 348 g/mol. The van der Waals surface area contributed by atoms with Crippen molar-refractivity contribution in [2.75, 3.05) is 20.3 Å². The summed E-state index contributed by atoms with van der Waals surface area (Å²) in [6.07, 6.45) is 3.12. The molecule has 0 aromatic heterocycles. The molecule has 0 aliphatic heterocycles. The van der Waals surface area contributed by atoms with Gasteiger partial charge in [0.15, 0.2) is 11.5 Å². The third kappa shape index (κ3) is 4.64. The minimum absolute atomic E-state index is 0.0107. The fourth-order valence-corrected chi connectivity index (χ4v) is 2.24. The second-order valence-corrected chi connectivity index (χ2v) is 4.97. The van der Waals surface area contributed by atoms with Gasteiger partial charge in [-0.25, -0.2) is 0 Å². The molecule has 0 radical (unpaired) electrons. The molecule has 22 heavy (non-hydrogen) atoms. The first kappa shape index (κ1) is 17.8. The minimum atomic E-state index is -0.441. The van der Waals surface area contributed by atoms with Crippen LogP contribution in [0.15, 0.2) is 34.8 Å². The number of nitriles is 1. The fourth-order valence-electron chi connectivity index (χ4n) is 1.67. The summed E-state index contributed by atoms with van der Waals surface area (Å²) >= 11 is 3.41. The minimum Gasteiger partial charge on any atom is -0.490 e. The van der Waals surface area contributed by atoms with Crippen molar-refractivity contribution in [3.8, 4) is 17.6 Å². The first-order valence-electron chi connectivity index (χ1n) is 6.61. The molecule has 0 fully saturated rings. The van der Waals surface area contributed by atoms with Crippen molar-refractivity contribution >= 4 is 27.9 Å². The molecule has 116 valence electrons. The van der Waals surface area contributed by atoms with Crippen LogP contribution in [0.1, 0.15) is 12.5 Å². The first-order valence-corrected chi connectivity index (χ1v) is 7.40. The molecule has 6 heteroatoms. The van der Waals surface area contributed by atoms with Gasteiger partial charge in [-0.15, -0.1) is 0 Å². The average Bonchev–Trinajstić information content (AvgIpc) is 2.51. The normalized spacial score (nSPS) is 10.5. The number of rotatable bonds is 7. The van der Waals surface area contributed by atoms with E-state index in [0.717, 1.165) is 0 Å². The highest BCUT2D eigenvalue weighted by Crippen LogP contribution is 2.37. The molecule has 0 saturated heterocycles. The fraction of sp³-hybridized carbons (Fsp3) is 0.250. The lowest BCUT2D eigenvalue weighted by atomic mass is 10.1. The summed E-state index contributed by atoms with van der Waals surface area (Å²) in [5.41, 5.74) is 0.665. The van der Waals surface area contributed by atoms with Gasteiger partial charge in [0.05, 0.1) is 11.1 Å². The SMILES string of the molecule is C=CCOc1c(Br)cc(/C=C(\C#N)C(=O)NC)cc1OCC. The Kier molecular flexibility index (Phi) is 7.20. The Balaban J connectivity index is 3.28. The molecule has 5 nitrogen and oxygen atoms in total. The number of hydrogen-bond acceptors (Lipinski definition) is 4. The Bertz CT molecular complexity index is 633. The van der Waals surface area contributed by atoms with Crippen LogP contribution < -0.4 is 14.8 Å². The van der Waals surface area contributed by atoms with E-state index in [1.54, 1.807) is 18.2 Å². The lowest BCUT2D eigenvalue weighted by Crippen LogP contribution is -2.19. The number of carbonyl (C=O) groups is 1. The van der Waals surface area contributed by atoms with Crippen LogP contribution in [0.25, 0.3) is 6.08 Å². The average molecular weight is 365 g/mol. The van der Waals surface area contributed by atoms with Gasteiger partial charge in [0.25, 0.3) is 5.91 Å². The molecule has 0 aliphatic rings. The van der Waals surface area contributed by atoms with E-state index in [0.29, 0.717) is 34.7 Å². The highest BCUT2D eigenvalue weighted by Gasteiger charge is 2.13. The number of benzene rings is 1. The Labute approximate surface area is 138 Å². The standard InChI is InChI=1S/C16H17BrN2O3/c1-4-6-22-15-13(17)8-11(9-14(15)21-5-2)7-12(10-18)16(20)19-3/h4,7-9H,1,5-6H2,2-3H3,(H,19,20)/b12-7+. The maximum Gasteiger partial charge on any atom is 0.261 e. The monoisotopic (exact) mass is 364 g/mol. The van der Waals surface area contributed by atoms with Crippen molar-refractivity contribution < 1.29 is 14.3 Å². The third-order valence-electron chi connectivity index (χ3n) is 2.58. The van der Waals surface area contributed by atoms with E-state index < -0.39 is 5.91 Å². The molecule has 0 unspecified atom stereocenters. The van der Waals surface area contributed by atoms with Gasteiger partial charge < -0.3 is 14.8 Å². The highest BCUT2D eigenvalue weighted by molar-refractivity contribution is 9.10. The third-order valence-corrected chi connectivity index (χ3v) is 3.17. The van der Waals surface area contributed by atoms with Gasteiger partial charge in [0.2, 0.25) is 0 Å². The van der Waals surface area contributed by atoms with Crippen LogP contribution in [0, 0.1) is 11.3 Å². The summed E-state index contributed by atoms with van der Waals surface area (Å²) in [6, 6.07) is 5.34. The van der Waals surface area contributed by atoms with E-state index in [1.807, 2.05) is 13.0 Å². The Morgan fingerprint density at radius 2 is 2.23 bits per heavy atom. The van der Waals surface area contributed by atoms with Crippen LogP contribution in [0.4, 0.5) is 0 Å². The van der Waals surface area contributed by atoms with Crippen LogP contribution >= 0.6 is 15.9 Å². The van der Waals surface area contributed by atoms with Crippen molar-refractivity contribution in [2.24, 2.45) is 0 Å². The quantitative estimate of drug-likeness (QED) is 0.458. The topological polar surface area (TPSA) is 71.3 Å². The molecule has 1 amide bonds. The number of carbonyl (C=O) groups excluding carboxylic acids is 1. The zero-order chi connectivity index (χ0) is 16.5. The van der Waals surface area contributed by atoms with Crippen LogP contribution in [0.5, 0.6) is 11.5 Å². The Hall–Kier alpha value is -2.26. The zero-order valence-electron chi connectivity index (χ0n) is 12.5. The van der Waals surface area contributed by atoms with Crippen molar-refractivity contribution in [1.29, 1.82) is 5.26 Å². The van der Waals surface area contributed by atoms with E-state index in [1.165, 1.54) is 13.1 Å². The molecule has 0 atom stereocenters. The molecule has 0 saturated carbocycles. The largest absolute Gasteiger partial charge is 0.490 e. The van der Waals surface area contributed by atoms with Gasteiger partial charge >= 0.3 is 0 Å². The maximum atomic E-state index is 11.6.